The van der Waals surface area contributed by atoms with Crippen molar-refractivity contribution in [1.82, 2.24) is 4.57 Å². The Balaban J connectivity index is 1.55. The highest BCUT2D eigenvalue weighted by atomic mass is 32.1. The second kappa shape index (κ2) is 9.23. The molecule has 2 amide bonds. The Morgan fingerprint density at radius 2 is 1.58 bits per heavy atom. The van der Waals surface area contributed by atoms with Crippen LogP contribution in [0.1, 0.15) is 39.6 Å². The third-order valence-electron chi connectivity index (χ3n) is 5.84. The van der Waals surface area contributed by atoms with Crippen LogP contribution in [0.3, 0.4) is 0 Å². The molecule has 0 saturated heterocycles. The molecule has 0 aliphatic carbocycles. The molecule has 0 N–H and O–H groups in total. The molecule has 36 heavy (non-hydrogen) atoms. The molecule has 182 valence electrons. The first-order valence-electron chi connectivity index (χ1n) is 11.3. The average Bonchev–Trinajstić information content (AvgIpc) is 3.37. The van der Waals surface area contributed by atoms with Gasteiger partial charge in [-0.3, -0.25) is 9.59 Å². The van der Waals surface area contributed by atoms with Crippen LogP contribution in [0.2, 0.25) is 0 Å². The highest BCUT2D eigenvalue weighted by molar-refractivity contribution is 7.07. The van der Waals surface area contributed by atoms with Gasteiger partial charge in [-0.15, -0.1) is 11.3 Å². The highest BCUT2D eigenvalue weighted by Gasteiger charge is 2.36. The van der Waals surface area contributed by atoms with Crippen molar-refractivity contribution in [2.75, 3.05) is 4.90 Å². The van der Waals surface area contributed by atoms with Crippen LogP contribution in [0.4, 0.5) is 24.5 Å². The van der Waals surface area contributed by atoms with Gasteiger partial charge in [0.1, 0.15) is 0 Å². The van der Waals surface area contributed by atoms with Gasteiger partial charge >= 0.3 is 6.18 Å². The molecule has 1 aliphatic heterocycles. The predicted octanol–water partition coefficient (Wildman–Crippen LogP) is 6.68. The number of alkyl halides is 3. The minimum Gasteiger partial charge on any atom is -0.316 e. The van der Waals surface area contributed by atoms with Gasteiger partial charge in [-0.2, -0.15) is 13.2 Å². The predicted molar refractivity (Wildman–Crippen MR) is 132 cm³/mol. The summed E-state index contributed by atoms with van der Waals surface area (Å²) in [6.07, 6.45) is -3.67. The van der Waals surface area contributed by atoms with Crippen molar-refractivity contribution in [3.05, 3.63) is 99.7 Å². The van der Waals surface area contributed by atoms with Gasteiger partial charge in [-0.05, 0) is 48.9 Å². The SMILES string of the molecule is CCCn1c(-c2cccc(N3C(=O)c4ccccc4C3=O)c2)csc1=Nc1cccc(C(F)(F)F)c1. The smallest absolute Gasteiger partial charge is 0.316 e. The van der Waals surface area contributed by atoms with Crippen LogP contribution in [-0.4, -0.2) is 16.4 Å². The van der Waals surface area contributed by atoms with Crippen LogP contribution in [0, 0.1) is 0 Å². The molecule has 1 aliphatic rings. The molecular weight excluding hydrogens is 487 g/mol. The summed E-state index contributed by atoms with van der Waals surface area (Å²) in [7, 11) is 0. The summed E-state index contributed by atoms with van der Waals surface area (Å²) < 4.78 is 41.4. The van der Waals surface area contributed by atoms with Crippen LogP contribution >= 0.6 is 11.3 Å². The number of hydrogen-bond acceptors (Lipinski definition) is 4. The summed E-state index contributed by atoms with van der Waals surface area (Å²) in [5.74, 6) is -0.750. The highest BCUT2D eigenvalue weighted by Crippen LogP contribution is 2.33. The lowest BCUT2D eigenvalue weighted by Crippen LogP contribution is -2.29. The normalized spacial score (nSPS) is 14.0. The van der Waals surface area contributed by atoms with E-state index in [9.17, 15) is 22.8 Å². The first-order valence-corrected chi connectivity index (χ1v) is 12.1. The standard InChI is InChI=1S/C27H20F3N3O2S/c1-2-13-32-23(16-36-26(32)31-19-9-6-8-18(15-19)27(28,29)30)17-7-5-10-20(14-17)33-24(34)21-11-3-4-12-22(21)25(33)35/h3-12,14-16H,2,13H2,1H3. The van der Waals surface area contributed by atoms with Crippen molar-refractivity contribution in [3.8, 4) is 11.3 Å². The fraction of sp³-hybridized carbons (Fsp3) is 0.148. The Morgan fingerprint density at radius 1 is 0.889 bits per heavy atom. The Morgan fingerprint density at radius 3 is 2.25 bits per heavy atom. The number of amides is 2. The number of anilines is 1. The lowest BCUT2D eigenvalue weighted by molar-refractivity contribution is -0.137. The van der Waals surface area contributed by atoms with E-state index >= 15 is 0 Å². The van der Waals surface area contributed by atoms with Gasteiger partial charge < -0.3 is 4.57 Å². The number of fused-ring (bicyclic) bond motifs is 1. The van der Waals surface area contributed by atoms with E-state index in [0.29, 0.717) is 28.2 Å². The minimum absolute atomic E-state index is 0.211. The van der Waals surface area contributed by atoms with Crippen LogP contribution in [0.5, 0.6) is 0 Å². The summed E-state index contributed by atoms with van der Waals surface area (Å²) in [5, 5.41) is 1.88. The van der Waals surface area contributed by atoms with Gasteiger partial charge in [0.25, 0.3) is 11.8 Å². The number of rotatable bonds is 5. The maximum atomic E-state index is 13.1. The Hall–Kier alpha value is -3.98. The summed E-state index contributed by atoms with van der Waals surface area (Å²) in [4.78, 5) is 32.1. The molecule has 0 fully saturated rings. The first-order chi connectivity index (χ1) is 17.3. The monoisotopic (exact) mass is 507 g/mol. The van der Waals surface area contributed by atoms with E-state index in [1.54, 1.807) is 42.5 Å². The molecule has 0 bridgehead atoms. The number of benzene rings is 3. The maximum Gasteiger partial charge on any atom is 0.416 e. The zero-order chi connectivity index (χ0) is 25.4. The Bertz CT molecular complexity index is 1520. The largest absolute Gasteiger partial charge is 0.416 e. The van der Waals surface area contributed by atoms with Crippen LogP contribution in [0.25, 0.3) is 11.3 Å². The third kappa shape index (κ3) is 4.26. The van der Waals surface area contributed by atoms with Crippen LogP contribution < -0.4 is 9.70 Å². The molecule has 2 heterocycles. The van der Waals surface area contributed by atoms with Gasteiger partial charge in [0.05, 0.1) is 33.8 Å². The fourth-order valence-electron chi connectivity index (χ4n) is 4.18. The van der Waals surface area contributed by atoms with Gasteiger partial charge in [-0.25, -0.2) is 9.89 Å². The molecule has 0 unspecified atom stereocenters. The number of aromatic nitrogens is 1. The molecule has 0 atom stereocenters. The van der Waals surface area contributed by atoms with Crippen molar-refractivity contribution in [1.29, 1.82) is 0 Å². The number of hydrogen-bond donors (Lipinski definition) is 0. The molecule has 9 heteroatoms. The van der Waals surface area contributed by atoms with Crippen molar-refractivity contribution in [2.24, 2.45) is 4.99 Å². The maximum absolute atomic E-state index is 13.1. The second-order valence-electron chi connectivity index (χ2n) is 8.26. The fourth-order valence-corrected chi connectivity index (χ4v) is 5.13. The third-order valence-corrected chi connectivity index (χ3v) is 6.70. The van der Waals surface area contributed by atoms with Crippen molar-refractivity contribution >= 4 is 34.5 Å². The summed E-state index contributed by atoms with van der Waals surface area (Å²) >= 11 is 1.32. The number of halogens is 3. The van der Waals surface area contributed by atoms with E-state index in [1.807, 2.05) is 22.9 Å². The van der Waals surface area contributed by atoms with Crippen LogP contribution in [-0.2, 0) is 12.7 Å². The lowest BCUT2D eigenvalue weighted by Gasteiger charge is -2.16. The number of carbonyl (C=O) groups excluding carboxylic acids is 2. The molecule has 5 nitrogen and oxygen atoms in total. The minimum atomic E-state index is -4.45. The van der Waals surface area contributed by atoms with E-state index in [0.717, 1.165) is 29.8 Å². The topological polar surface area (TPSA) is 54.7 Å². The van der Waals surface area contributed by atoms with Crippen molar-refractivity contribution in [2.45, 2.75) is 26.1 Å². The quantitative estimate of drug-likeness (QED) is 0.283. The van der Waals surface area contributed by atoms with Gasteiger partial charge in [-0.1, -0.05) is 37.3 Å². The van der Waals surface area contributed by atoms with E-state index in [1.165, 1.54) is 28.4 Å². The molecule has 0 spiro atoms. The lowest BCUT2D eigenvalue weighted by atomic mass is 10.1. The van der Waals surface area contributed by atoms with Crippen LogP contribution in [0.15, 0.2) is 83.2 Å². The van der Waals surface area contributed by atoms with Gasteiger partial charge in [0, 0.05) is 17.5 Å². The van der Waals surface area contributed by atoms with E-state index in [-0.39, 0.29) is 17.5 Å². The zero-order valence-corrected chi connectivity index (χ0v) is 19.9. The van der Waals surface area contributed by atoms with Crippen molar-refractivity contribution in [3.63, 3.8) is 0 Å². The molecule has 1 aromatic heterocycles. The summed E-state index contributed by atoms with van der Waals surface area (Å²) in [6.45, 7) is 2.59. The Labute approximate surface area is 208 Å². The first kappa shape index (κ1) is 23.7. The van der Waals surface area contributed by atoms with E-state index in [4.69, 9.17) is 0 Å². The van der Waals surface area contributed by atoms with Crippen molar-refractivity contribution < 1.29 is 22.8 Å². The molecular formula is C27H20F3N3O2S. The number of carbonyl (C=O) groups is 2. The average molecular weight is 508 g/mol. The van der Waals surface area contributed by atoms with Gasteiger partial charge in [0.2, 0.25) is 0 Å². The number of thiazole rings is 1. The number of nitrogens with zero attached hydrogens (tertiary/aromatic N) is 3. The molecule has 5 rings (SSSR count). The molecule has 4 aromatic rings. The Kier molecular flexibility index (Phi) is 6.09. The summed E-state index contributed by atoms with van der Waals surface area (Å²) in [5.41, 5.74) is 2.20. The second-order valence-corrected chi connectivity index (χ2v) is 9.09. The van der Waals surface area contributed by atoms with E-state index in [2.05, 4.69) is 4.99 Å². The zero-order valence-electron chi connectivity index (χ0n) is 19.1. The molecule has 0 saturated carbocycles. The molecule has 0 radical (unpaired) electrons. The summed E-state index contributed by atoms with van der Waals surface area (Å²) in [6, 6.07) is 18.7. The van der Waals surface area contributed by atoms with Gasteiger partial charge in [0.15, 0.2) is 4.80 Å². The number of imide groups is 1. The molecule has 3 aromatic carbocycles. The van der Waals surface area contributed by atoms with E-state index < -0.39 is 11.7 Å².